The zero-order valence-electron chi connectivity index (χ0n) is 14.9. The van der Waals surface area contributed by atoms with Gasteiger partial charge in [0.15, 0.2) is 6.61 Å². The SMILES string of the molecule is CCOc1cccc(NC(=O)/C(C#N)=C\c2ccc(OCC(=O)O)c(I)c2)c1. The zero-order valence-corrected chi connectivity index (χ0v) is 17.1. The summed E-state index contributed by atoms with van der Waals surface area (Å²) in [6.45, 7) is 1.92. The maximum atomic E-state index is 12.4. The van der Waals surface area contributed by atoms with E-state index in [1.165, 1.54) is 6.08 Å². The van der Waals surface area contributed by atoms with E-state index in [2.05, 4.69) is 5.32 Å². The highest BCUT2D eigenvalue weighted by Crippen LogP contribution is 2.24. The molecule has 0 bridgehead atoms. The first kappa shape index (κ1) is 21.2. The molecule has 0 aliphatic carbocycles. The van der Waals surface area contributed by atoms with Crippen molar-refractivity contribution in [2.75, 3.05) is 18.5 Å². The lowest BCUT2D eigenvalue weighted by Crippen LogP contribution is -2.13. The van der Waals surface area contributed by atoms with Crippen LogP contribution in [0.25, 0.3) is 6.08 Å². The number of ether oxygens (including phenoxy) is 2. The van der Waals surface area contributed by atoms with Crippen LogP contribution in [0.1, 0.15) is 12.5 Å². The number of hydrogen-bond acceptors (Lipinski definition) is 5. The number of nitrogens with zero attached hydrogens (tertiary/aromatic N) is 1. The molecule has 1 amide bonds. The third-order valence-corrected chi connectivity index (χ3v) is 4.23. The summed E-state index contributed by atoms with van der Waals surface area (Å²) < 4.78 is 11.2. The molecule has 0 radical (unpaired) electrons. The van der Waals surface area contributed by atoms with Crippen LogP contribution >= 0.6 is 22.6 Å². The average Bonchev–Trinajstić information content (AvgIpc) is 2.65. The molecule has 8 heteroatoms. The third kappa shape index (κ3) is 6.28. The van der Waals surface area contributed by atoms with Crippen LogP contribution in [0, 0.1) is 14.9 Å². The number of rotatable bonds is 8. The molecule has 0 saturated heterocycles. The van der Waals surface area contributed by atoms with Crippen molar-refractivity contribution in [2.24, 2.45) is 0 Å². The Morgan fingerprint density at radius 2 is 2.04 bits per heavy atom. The van der Waals surface area contributed by atoms with E-state index in [-0.39, 0.29) is 5.57 Å². The molecule has 2 N–H and O–H groups in total. The van der Waals surface area contributed by atoms with Crippen molar-refractivity contribution in [1.29, 1.82) is 5.26 Å². The van der Waals surface area contributed by atoms with Crippen LogP contribution in [0.3, 0.4) is 0 Å². The molecule has 28 heavy (non-hydrogen) atoms. The number of benzene rings is 2. The molecule has 2 rings (SSSR count). The van der Waals surface area contributed by atoms with Crippen molar-refractivity contribution in [3.8, 4) is 17.6 Å². The molecule has 2 aromatic carbocycles. The van der Waals surface area contributed by atoms with Gasteiger partial charge >= 0.3 is 5.97 Å². The first-order chi connectivity index (χ1) is 13.4. The Labute approximate surface area is 175 Å². The average molecular weight is 492 g/mol. The predicted molar refractivity (Wildman–Crippen MR) is 112 cm³/mol. The Bertz CT molecular complexity index is 950. The summed E-state index contributed by atoms with van der Waals surface area (Å²) in [6, 6.07) is 13.7. The summed E-state index contributed by atoms with van der Waals surface area (Å²) in [5.41, 5.74) is 1.06. The van der Waals surface area contributed by atoms with E-state index in [1.54, 1.807) is 42.5 Å². The van der Waals surface area contributed by atoms with Crippen molar-refractivity contribution in [1.82, 2.24) is 0 Å². The third-order valence-electron chi connectivity index (χ3n) is 3.39. The fraction of sp³-hybridized carbons (Fsp3) is 0.150. The van der Waals surface area contributed by atoms with Gasteiger partial charge in [0.1, 0.15) is 23.1 Å². The minimum absolute atomic E-state index is 0.0724. The van der Waals surface area contributed by atoms with Crippen LogP contribution in [-0.4, -0.2) is 30.2 Å². The molecule has 144 valence electrons. The second kappa shape index (κ2) is 10.3. The lowest BCUT2D eigenvalue weighted by Gasteiger charge is -2.08. The molecule has 2 aromatic rings. The van der Waals surface area contributed by atoms with E-state index in [1.807, 2.05) is 35.6 Å². The second-order valence-corrected chi connectivity index (χ2v) is 6.62. The minimum atomic E-state index is -1.07. The van der Waals surface area contributed by atoms with Crippen molar-refractivity contribution in [3.63, 3.8) is 0 Å². The lowest BCUT2D eigenvalue weighted by molar-refractivity contribution is -0.139. The van der Waals surface area contributed by atoms with E-state index < -0.39 is 18.5 Å². The number of nitriles is 1. The topological polar surface area (TPSA) is 109 Å². The Balaban J connectivity index is 2.15. The van der Waals surface area contributed by atoms with Crippen LogP contribution in [0.4, 0.5) is 5.69 Å². The lowest BCUT2D eigenvalue weighted by atomic mass is 10.1. The van der Waals surface area contributed by atoms with Crippen LogP contribution < -0.4 is 14.8 Å². The van der Waals surface area contributed by atoms with Crippen LogP contribution in [0.5, 0.6) is 11.5 Å². The first-order valence-corrected chi connectivity index (χ1v) is 9.31. The molecule has 0 aliphatic heterocycles. The number of carboxylic acid groups (broad SMARTS) is 1. The molecule has 0 heterocycles. The van der Waals surface area contributed by atoms with Gasteiger partial charge in [-0.15, -0.1) is 0 Å². The molecule has 0 saturated carbocycles. The maximum Gasteiger partial charge on any atom is 0.341 e. The van der Waals surface area contributed by atoms with E-state index in [0.717, 1.165) is 0 Å². The Morgan fingerprint density at radius 3 is 2.68 bits per heavy atom. The van der Waals surface area contributed by atoms with Crippen molar-refractivity contribution in [2.45, 2.75) is 6.92 Å². The molecule has 7 nitrogen and oxygen atoms in total. The summed E-state index contributed by atoms with van der Waals surface area (Å²) in [5.74, 6) is -0.584. The Morgan fingerprint density at radius 1 is 1.25 bits per heavy atom. The van der Waals surface area contributed by atoms with Crippen molar-refractivity contribution < 1.29 is 24.2 Å². The van der Waals surface area contributed by atoms with E-state index in [0.29, 0.717) is 32.9 Å². The van der Waals surface area contributed by atoms with Crippen molar-refractivity contribution >= 4 is 46.2 Å². The van der Waals surface area contributed by atoms with Gasteiger partial charge in [0, 0.05) is 11.8 Å². The maximum absolute atomic E-state index is 12.4. The minimum Gasteiger partial charge on any atom is -0.494 e. The van der Waals surface area contributed by atoms with Gasteiger partial charge in [-0.25, -0.2) is 4.79 Å². The number of carbonyl (C=O) groups is 2. The zero-order chi connectivity index (χ0) is 20.5. The monoisotopic (exact) mass is 492 g/mol. The molecule has 0 fully saturated rings. The number of hydrogen-bond donors (Lipinski definition) is 2. The van der Waals surface area contributed by atoms with E-state index in [9.17, 15) is 14.9 Å². The van der Waals surface area contributed by atoms with Gasteiger partial charge in [0.05, 0.1) is 10.2 Å². The van der Waals surface area contributed by atoms with Gasteiger partial charge in [-0.3, -0.25) is 4.79 Å². The van der Waals surface area contributed by atoms with Gasteiger partial charge in [0.25, 0.3) is 5.91 Å². The number of nitrogens with one attached hydrogen (secondary N) is 1. The molecular weight excluding hydrogens is 475 g/mol. The summed E-state index contributed by atoms with van der Waals surface area (Å²) in [6.07, 6.45) is 1.45. The summed E-state index contributed by atoms with van der Waals surface area (Å²) in [4.78, 5) is 23.0. The Hall–Kier alpha value is -3.06. The number of halogens is 1. The van der Waals surface area contributed by atoms with Gasteiger partial charge in [-0.1, -0.05) is 12.1 Å². The highest BCUT2D eigenvalue weighted by Gasteiger charge is 2.11. The van der Waals surface area contributed by atoms with E-state index in [4.69, 9.17) is 14.6 Å². The number of carbonyl (C=O) groups excluding carboxylic acids is 1. The first-order valence-electron chi connectivity index (χ1n) is 8.23. The number of anilines is 1. The Kier molecular flexibility index (Phi) is 7.83. The van der Waals surface area contributed by atoms with Crippen LogP contribution in [-0.2, 0) is 9.59 Å². The highest BCUT2D eigenvalue weighted by molar-refractivity contribution is 14.1. The fourth-order valence-corrected chi connectivity index (χ4v) is 2.90. The highest BCUT2D eigenvalue weighted by atomic mass is 127. The standard InChI is InChI=1S/C20H17IN2O5/c1-2-27-16-5-3-4-15(10-16)23-20(26)14(11-22)8-13-6-7-18(17(21)9-13)28-12-19(24)25/h3-10H,2,12H2,1H3,(H,23,26)(H,24,25)/b14-8-. The van der Waals surface area contributed by atoms with Crippen LogP contribution in [0.15, 0.2) is 48.0 Å². The summed E-state index contributed by atoms with van der Waals surface area (Å²) in [5, 5.41) is 20.7. The molecule has 0 aliphatic rings. The number of aliphatic carboxylic acids is 1. The smallest absolute Gasteiger partial charge is 0.341 e. The molecule has 0 unspecified atom stereocenters. The summed E-state index contributed by atoms with van der Waals surface area (Å²) in [7, 11) is 0. The summed E-state index contributed by atoms with van der Waals surface area (Å²) >= 11 is 1.99. The van der Waals surface area contributed by atoms with Gasteiger partial charge < -0.3 is 19.9 Å². The van der Waals surface area contributed by atoms with Crippen LogP contribution in [0.2, 0.25) is 0 Å². The number of carboxylic acids is 1. The second-order valence-electron chi connectivity index (χ2n) is 5.46. The largest absolute Gasteiger partial charge is 0.494 e. The van der Waals surface area contributed by atoms with Gasteiger partial charge in [-0.05, 0) is 65.4 Å². The molecule has 0 spiro atoms. The number of amides is 1. The van der Waals surface area contributed by atoms with Gasteiger partial charge in [-0.2, -0.15) is 5.26 Å². The quantitative estimate of drug-likeness (QED) is 0.331. The predicted octanol–water partition coefficient (Wildman–Crippen LogP) is 3.70. The normalized spacial score (nSPS) is 10.7. The molecule has 0 aromatic heterocycles. The van der Waals surface area contributed by atoms with Gasteiger partial charge in [0.2, 0.25) is 0 Å². The van der Waals surface area contributed by atoms with Crippen molar-refractivity contribution in [3.05, 3.63) is 57.2 Å². The molecule has 0 atom stereocenters. The van der Waals surface area contributed by atoms with E-state index >= 15 is 0 Å². The fourth-order valence-electron chi connectivity index (χ4n) is 2.21. The molecular formula is C20H17IN2O5.